The van der Waals surface area contributed by atoms with Gasteiger partial charge in [0.15, 0.2) is 0 Å². The maximum Gasteiger partial charge on any atom is 0.330 e. The van der Waals surface area contributed by atoms with Crippen LogP contribution in [0.15, 0.2) is 24.3 Å². The smallest absolute Gasteiger partial charge is 0.330 e. The van der Waals surface area contributed by atoms with Crippen molar-refractivity contribution in [2.75, 3.05) is 26.4 Å². The third-order valence-corrected chi connectivity index (χ3v) is 11.5. The van der Waals surface area contributed by atoms with Gasteiger partial charge in [0.05, 0.1) is 25.9 Å². The van der Waals surface area contributed by atoms with E-state index in [-0.39, 0.29) is 6.61 Å². The minimum atomic E-state index is -0.403. The van der Waals surface area contributed by atoms with Crippen molar-refractivity contribution in [1.82, 2.24) is 0 Å². The molecule has 3 saturated carbocycles. The van der Waals surface area contributed by atoms with Gasteiger partial charge in [-0.25, -0.2) is 4.79 Å². The summed E-state index contributed by atoms with van der Waals surface area (Å²) in [5.41, 5.74) is 2.62. The van der Waals surface area contributed by atoms with E-state index in [0.29, 0.717) is 36.8 Å². The Kier molecular flexibility index (Phi) is 10.2. The van der Waals surface area contributed by atoms with Crippen molar-refractivity contribution >= 4 is 5.97 Å². The zero-order chi connectivity index (χ0) is 27.3. The molecule has 38 heavy (non-hydrogen) atoms. The van der Waals surface area contributed by atoms with Gasteiger partial charge >= 0.3 is 5.97 Å². The summed E-state index contributed by atoms with van der Waals surface area (Å²) in [6.45, 7) is 17.8. The number of carbonyl (C=O) groups is 1. The van der Waals surface area contributed by atoms with E-state index in [0.717, 1.165) is 48.3 Å². The normalized spacial score (nSPS) is 37.1. The van der Waals surface area contributed by atoms with E-state index >= 15 is 0 Å². The van der Waals surface area contributed by atoms with Crippen LogP contribution < -0.4 is 0 Å². The lowest BCUT2D eigenvalue weighted by molar-refractivity contribution is -0.139. The number of hydrogen-bond donors (Lipinski definition) is 0. The number of ether oxygens (including phenoxy) is 3. The molecular formula is C34H56O4. The highest BCUT2D eigenvalue weighted by Gasteiger charge is 2.59. The molecule has 0 N–H and O–H groups in total. The number of hydrogen-bond acceptors (Lipinski definition) is 4. The summed E-state index contributed by atoms with van der Waals surface area (Å²) in [4.78, 5) is 11.1. The van der Waals surface area contributed by atoms with Crippen LogP contribution in [0.5, 0.6) is 0 Å². The van der Waals surface area contributed by atoms with Gasteiger partial charge in [-0.3, -0.25) is 0 Å². The van der Waals surface area contributed by atoms with Crippen LogP contribution in [0.1, 0.15) is 105 Å². The predicted octanol–water partition coefficient (Wildman–Crippen LogP) is 8.16. The van der Waals surface area contributed by atoms with Crippen LogP contribution in [-0.4, -0.2) is 38.5 Å². The molecule has 0 aliphatic heterocycles. The largest absolute Gasteiger partial charge is 0.460 e. The third-order valence-electron chi connectivity index (χ3n) is 11.5. The SMILES string of the molecule is C=CC(=O)OCCOCCOC1CC[C@]2(C)C(=CCC3C4CCC(C(C)CCCC(C)C)[C@]4(C)CCC32)C1. The number of rotatable bonds is 13. The van der Waals surface area contributed by atoms with Crippen molar-refractivity contribution in [3.8, 4) is 0 Å². The summed E-state index contributed by atoms with van der Waals surface area (Å²) in [5, 5.41) is 0. The molecule has 0 bridgehead atoms. The molecule has 216 valence electrons. The number of carbonyl (C=O) groups excluding carboxylic acids is 1. The molecule has 4 nitrogen and oxygen atoms in total. The molecule has 4 aliphatic rings. The van der Waals surface area contributed by atoms with Crippen molar-refractivity contribution in [1.29, 1.82) is 0 Å². The highest BCUT2D eigenvalue weighted by Crippen LogP contribution is 2.67. The molecule has 0 amide bonds. The minimum Gasteiger partial charge on any atom is -0.460 e. The van der Waals surface area contributed by atoms with E-state index in [1.165, 1.54) is 63.9 Å². The van der Waals surface area contributed by atoms with E-state index in [9.17, 15) is 4.79 Å². The Bertz CT molecular complexity index is 832. The molecule has 3 fully saturated rings. The fraction of sp³-hybridized carbons (Fsp3) is 0.853. The monoisotopic (exact) mass is 528 g/mol. The Balaban J connectivity index is 1.28. The Morgan fingerprint density at radius 2 is 1.82 bits per heavy atom. The van der Waals surface area contributed by atoms with Gasteiger partial charge in [0.25, 0.3) is 0 Å². The third kappa shape index (κ3) is 6.43. The second-order valence-corrected chi connectivity index (χ2v) is 14.0. The minimum absolute atomic E-state index is 0.264. The first-order valence-corrected chi connectivity index (χ1v) is 15.9. The number of allylic oxidation sites excluding steroid dienone is 1. The molecule has 0 aromatic rings. The first kappa shape index (κ1) is 29.8. The van der Waals surface area contributed by atoms with Crippen LogP contribution in [-0.2, 0) is 19.0 Å². The van der Waals surface area contributed by atoms with Crippen LogP contribution in [0, 0.1) is 46.3 Å². The fourth-order valence-electron chi connectivity index (χ4n) is 9.43. The van der Waals surface area contributed by atoms with Crippen LogP contribution >= 0.6 is 0 Å². The fourth-order valence-corrected chi connectivity index (χ4v) is 9.43. The summed E-state index contributed by atoms with van der Waals surface area (Å²) in [6.07, 6.45) is 19.0. The van der Waals surface area contributed by atoms with Gasteiger partial charge in [0, 0.05) is 6.08 Å². The molecular weight excluding hydrogens is 472 g/mol. The van der Waals surface area contributed by atoms with Crippen LogP contribution in [0.3, 0.4) is 0 Å². The predicted molar refractivity (Wildman–Crippen MR) is 155 cm³/mol. The average Bonchev–Trinajstić information content (AvgIpc) is 3.25. The molecule has 8 atom stereocenters. The number of esters is 1. The molecule has 4 heteroatoms. The van der Waals surface area contributed by atoms with E-state index < -0.39 is 5.97 Å². The molecule has 6 unspecified atom stereocenters. The first-order valence-electron chi connectivity index (χ1n) is 15.9. The molecule has 0 saturated heterocycles. The molecule has 0 heterocycles. The van der Waals surface area contributed by atoms with Gasteiger partial charge in [0.1, 0.15) is 6.61 Å². The van der Waals surface area contributed by atoms with E-state index in [2.05, 4.69) is 47.3 Å². The maximum atomic E-state index is 11.1. The van der Waals surface area contributed by atoms with Crippen LogP contribution in [0.4, 0.5) is 0 Å². The standard InChI is InChI=1S/C34H56O4/c1-7-32(35)38-22-20-36-19-21-37-27-15-17-33(5)26(23-27)11-12-28-30-14-13-29(25(4)10-8-9-24(2)3)34(30,6)18-16-31(28)33/h7,11,24-25,27-31H,1,8-10,12-23H2,2-6H3/t25?,27?,28?,29?,30?,31?,33-,34+/m1/s1. The van der Waals surface area contributed by atoms with Gasteiger partial charge in [0.2, 0.25) is 0 Å². The Labute approximate surface area is 233 Å². The van der Waals surface area contributed by atoms with Crippen molar-refractivity contribution in [2.24, 2.45) is 46.3 Å². The highest BCUT2D eigenvalue weighted by atomic mass is 16.6. The van der Waals surface area contributed by atoms with E-state index in [4.69, 9.17) is 14.2 Å². The van der Waals surface area contributed by atoms with Crippen molar-refractivity contribution < 1.29 is 19.0 Å². The lowest BCUT2D eigenvalue weighted by Crippen LogP contribution is -2.51. The summed E-state index contributed by atoms with van der Waals surface area (Å²) in [5.74, 6) is 4.91. The summed E-state index contributed by atoms with van der Waals surface area (Å²) >= 11 is 0. The first-order chi connectivity index (χ1) is 18.2. The molecule has 0 spiro atoms. The quantitative estimate of drug-likeness (QED) is 0.105. The lowest BCUT2D eigenvalue weighted by Gasteiger charge is -2.58. The summed E-state index contributed by atoms with van der Waals surface area (Å²) in [7, 11) is 0. The Morgan fingerprint density at radius 1 is 1.03 bits per heavy atom. The molecule has 0 radical (unpaired) electrons. The summed E-state index contributed by atoms with van der Waals surface area (Å²) < 4.78 is 16.8. The van der Waals surface area contributed by atoms with Gasteiger partial charge in [-0.05, 0) is 97.7 Å². The zero-order valence-corrected chi connectivity index (χ0v) is 25.1. The zero-order valence-electron chi connectivity index (χ0n) is 25.1. The van der Waals surface area contributed by atoms with Crippen molar-refractivity contribution in [3.63, 3.8) is 0 Å². The van der Waals surface area contributed by atoms with Gasteiger partial charge in [-0.2, -0.15) is 0 Å². The number of fused-ring (bicyclic) bond motifs is 5. The van der Waals surface area contributed by atoms with E-state index in [1.54, 1.807) is 5.57 Å². The van der Waals surface area contributed by atoms with Gasteiger partial charge in [-0.15, -0.1) is 0 Å². The van der Waals surface area contributed by atoms with Gasteiger partial charge < -0.3 is 14.2 Å². The highest BCUT2D eigenvalue weighted by molar-refractivity contribution is 5.81. The van der Waals surface area contributed by atoms with Crippen LogP contribution in [0.25, 0.3) is 0 Å². The maximum absolute atomic E-state index is 11.1. The Morgan fingerprint density at radius 3 is 2.58 bits per heavy atom. The summed E-state index contributed by atoms with van der Waals surface area (Å²) in [6, 6.07) is 0. The molecule has 0 aromatic heterocycles. The lowest BCUT2D eigenvalue weighted by atomic mass is 9.47. The van der Waals surface area contributed by atoms with Crippen molar-refractivity contribution in [3.05, 3.63) is 24.3 Å². The second-order valence-electron chi connectivity index (χ2n) is 14.0. The van der Waals surface area contributed by atoms with Gasteiger partial charge in [-0.1, -0.05) is 72.1 Å². The molecule has 4 rings (SSSR count). The molecule has 4 aliphatic carbocycles. The Hall–Kier alpha value is -1.13. The topological polar surface area (TPSA) is 44.8 Å². The van der Waals surface area contributed by atoms with E-state index in [1.807, 2.05) is 0 Å². The average molecular weight is 529 g/mol. The molecule has 0 aromatic carbocycles. The van der Waals surface area contributed by atoms with Crippen LogP contribution in [0.2, 0.25) is 0 Å². The van der Waals surface area contributed by atoms with Crippen molar-refractivity contribution in [2.45, 2.75) is 111 Å². The second kappa shape index (κ2) is 13.0.